The molecule has 0 saturated heterocycles. The zero-order chi connectivity index (χ0) is 25.9. The molecule has 36 heavy (non-hydrogen) atoms. The highest BCUT2D eigenvalue weighted by atomic mass is 32.1. The molecule has 0 saturated carbocycles. The molecule has 7 nitrogen and oxygen atoms in total. The van der Waals surface area contributed by atoms with E-state index in [0.29, 0.717) is 18.1 Å². The molecule has 0 radical (unpaired) electrons. The van der Waals surface area contributed by atoms with E-state index in [9.17, 15) is 4.79 Å². The smallest absolute Gasteiger partial charge is 0.408 e. The first-order valence-corrected chi connectivity index (χ1v) is 12.6. The number of carbonyl (C=O) groups is 1. The van der Waals surface area contributed by atoms with Gasteiger partial charge in [0, 0.05) is 0 Å². The Morgan fingerprint density at radius 2 is 1.67 bits per heavy atom. The highest BCUT2D eigenvalue weighted by Crippen LogP contribution is 2.29. The first-order chi connectivity index (χ1) is 17.1. The van der Waals surface area contributed by atoms with Crippen LogP contribution in [-0.2, 0) is 17.8 Å². The lowest BCUT2D eigenvalue weighted by Crippen LogP contribution is -2.49. The maximum absolute atomic E-state index is 12.3. The summed E-state index contributed by atoms with van der Waals surface area (Å²) in [7, 11) is 0. The molecule has 3 aromatic carbocycles. The van der Waals surface area contributed by atoms with Crippen molar-refractivity contribution in [3.8, 4) is 0 Å². The Balaban J connectivity index is 1.46. The molecule has 0 aliphatic carbocycles. The highest BCUT2D eigenvalue weighted by Gasteiger charge is 2.24. The third kappa shape index (κ3) is 6.18. The molecule has 1 amide bonds. The number of amides is 1. The van der Waals surface area contributed by atoms with E-state index in [1.807, 2.05) is 45.5 Å². The van der Waals surface area contributed by atoms with Crippen LogP contribution in [0.1, 0.15) is 45.9 Å². The normalized spacial score (nSPS) is 12.6. The van der Waals surface area contributed by atoms with Gasteiger partial charge in [0.05, 0.1) is 30.3 Å². The van der Waals surface area contributed by atoms with E-state index >= 15 is 0 Å². The third-order valence-corrected chi connectivity index (χ3v) is 6.25. The molecular weight excluding hydrogens is 470 g/mol. The third-order valence-electron chi connectivity index (χ3n) is 5.85. The molecule has 4 rings (SSSR count). The summed E-state index contributed by atoms with van der Waals surface area (Å²) in [4.78, 5) is 12.8. The first kappa shape index (κ1) is 25.6. The largest absolute Gasteiger partial charge is 0.444 e. The molecule has 2 N–H and O–H groups in total. The number of hydrogen-bond donors (Lipinski definition) is 2. The number of ether oxygens (including phenoxy) is 1. The second kappa shape index (κ2) is 10.6. The number of hydrogen-bond acceptors (Lipinski definition) is 5. The maximum Gasteiger partial charge on any atom is 0.408 e. The second-order valence-corrected chi connectivity index (χ2v) is 10.7. The zero-order valence-corrected chi connectivity index (χ0v) is 22.2. The van der Waals surface area contributed by atoms with Crippen molar-refractivity contribution in [1.82, 2.24) is 25.6 Å². The van der Waals surface area contributed by atoms with Crippen molar-refractivity contribution in [3.63, 3.8) is 0 Å². The number of aromatic nitrogens is 3. The number of alkyl carbamates (subject to hydrolysis) is 1. The van der Waals surface area contributed by atoms with Crippen molar-refractivity contribution in [2.75, 3.05) is 0 Å². The predicted molar refractivity (Wildman–Crippen MR) is 148 cm³/mol. The predicted octanol–water partition coefficient (Wildman–Crippen LogP) is 5.60. The van der Waals surface area contributed by atoms with Crippen molar-refractivity contribution in [3.05, 3.63) is 72.1 Å². The fourth-order valence-corrected chi connectivity index (χ4v) is 4.60. The molecule has 4 aromatic rings. The number of fused-ring (bicyclic) bond motifs is 2. The molecule has 0 bridgehead atoms. The van der Waals surface area contributed by atoms with Gasteiger partial charge in [-0.3, -0.25) is 0 Å². The quantitative estimate of drug-likeness (QED) is 0.252. The van der Waals surface area contributed by atoms with Gasteiger partial charge in [0.25, 0.3) is 0 Å². The van der Waals surface area contributed by atoms with Crippen molar-refractivity contribution in [2.24, 2.45) is 5.92 Å². The van der Waals surface area contributed by atoms with Gasteiger partial charge in [-0.1, -0.05) is 79.8 Å². The molecule has 0 aliphatic heterocycles. The van der Waals surface area contributed by atoms with Crippen LogP contribution in [0.2, 0.25) is 0 Å². The van der Waals surface area contributed by atoms with Gasteiger partial charge in [0.2, 0.25) is 0 Å². The summed E-state index contributed by atoms with van der Waals surface area (Å²) < 4.78 is 7.24. The fourth-order valence-electron chi connectivity index (χ4n) is 4.19. The Kier molecular flexibility index (Phi) is 7.54. The lowest BCUT2D eigenvalue weighted by atomic mass is 9.97. The van der Waals surface area contributed by atoms with Crippen LogP contribution in [0.25, 0.3) is 21.5 Å². The Morgan fingerprint density at radius 3 is 2.25 bits per heavy atom. The second-order valence-electron chi connectivity index (χ2n) is 10.3. The van der Waals surface area contributed by atoms with Crippen LogP contribution >= 0.6 is 12.2 Å². The highest BCUT2D eigenvalue weighted by molar-refractivity contribution is 7.80. The molecule has 0 aliphatic rings. The van der Waals surface area contributed by atoms with Crippen LogP contribution in [0.5, 0.6) is 0 Å². The van der Waals surface area contributed by atoms with E-state index in [1.165, 1.54) is 27.1 Å². The van der Waals surface area contributed by atoms with Crippen LogP contribution < -0.4 is 10.6 Å². The van der Waals surface area contributed by atoms with Crippen molar-refractivity contribution in [1.29, 1.82) is 0 Å². The molecule has 188 valence electrons. The van der Waals surface area contributed by atoms with Crippen molar-refractivity contribution < 1.29 is 9.53 Å². The van der Waals surface area contributed by atoms with Crippen LogP contribution in [0.4, 0.5) is 4.79 Å². The van der Waals surface area contributed by atoms with E-state index in [0.717, 1.165) is 5.69 Å². The minimum atomic E-state index is -0.575. The molecule has 1 atom stereocenters. The molecular formula is C28H33N5O2S. The number of nitrogens with one attached hydrogen (secondary N) is 2. The number of thiocarbonyl (C=S) groups is 1. The topological polar surface area (TPSA) is 81.1 Å². The summed E-state index contributed by atoms with van der Waals surface area (Å²) in [6, 6.07) is 18.7. The van der Waals surface area contributed by atoms with Crippen molar-refractivity contribution in [2.45, 2.75) is 59.4 Å². The van der Waals surface area contributed by atoms with Crippen LogP contribution in [0, 0.1) is 5.92 Å². The zero-order valence-electron chi connectivity index (χ0n) is 21.4. The summed E-state index contributed by atoms with van der Waals surface area (Å²) in [5.41, 5.74) is 1.40. The van der Waals surface area contributed by atoms with Gasteiger partial charge in [0.15, 0.2) is 0 Å². The number of carbonyl (C=O) groups excluding carboxylic acids is 1. The van der Waals surface area contributed by atoms with E-state index in [1.54, 1.807) is 0 Å². The Morgan fingerprint density at radius 1 is 1.06 bits per heavy atom. The SMILES string of the molecule is CC(C)[C@H](NC(=O)OC(C)(C)C)C(=S)NCc1cn(Cc2c3ccccc3cc3ccccc23)nn1. The van der Waals surface area contributed by atoms with Crippen LogP contribution in [0.15, 0.2) is 60.8 Å². The van der Waals surface area contributed by atoms with Gasteiger partial charge < -0.3 is 15.4 Å². The van der Waals surface area contributed by atoms with E-state index < -0.39 is 11.7 Å². The molecule has 1 aromatic heterocycles. The van der Waals surface area contributed by atoms with Gasteiger partial charge in [0.1, 0.15) is 11.3 Å². The average molecular weight is 504 g/mol. The molecule has 0 unspecified atom stereocenters. The molecule has 0 fully saturated rings. The van der Waals surface area contributed by atoms with Gasteiger partial charge in [-0.15, -0.1) is 5.10 Å². The maximum atomic E-state index is 12.3. The summed E-state index contributed by atoms with van der Waals surface area (Å²) in [6.07, 6.45) is 1.44. The minimum Gasteiger partial charge on any atom is -0.444 e. The van der Waals surface area contributed by atoms with Gasteiger partial charge in [-0.25, -0.2) is 9.48 Å². The lowest BCUT2D eigenvalue weighted by molar-refractivity contribution is 0.0508. The Hall–Kier alpha value is -3.52. The van der Waals surface area contributed by atoms with Gasteiger partial charge in [-0.2, -0.15) is 0 Å². The number of rotatable bonds is 7. The van der Waals surface area contributed by atoms with E-state index in [4.69, 9.17) is 17.0 Å². The monoisotopic (exact) mass is 503 g/mol. The minimum absolute atomic E-state index is 0.0906. The van der Waals surface area contributed by atoms with Crippen LogP contribution in [-0.4, -0.2) is 37.7 Å². The summed E-state index contributed by atoms with van der Waals surface area (Å²) in [5.74, 6) is 0.0906. The first-order valence-electron chi connectivity index (χ1n) is 12.2. The summed E-state index contributed by atoms with van der Waals surface area (Å²) in [5, 5.41) is 19.6. The van der Waals surface area contributed by atoms with Gasteiger partial charge >= 0.3 is 6.09 Å². The van der Waals surface area contributed by atoms with E-state index in [-0.39, 0.29) is 12.0 Å². The van der Waals surface area contributed by atoms with Crippen molar-refractivity contribution >= 4 is 44.8 Å². The average Bonchev–Trinajstić information content (AvgIpc) is 3.27. The molecule has 0 spiro atoms. The Labute approximate surface area is 217 Å². The molecule has 8 heteroatoms. The van der Waals surface area contributed by atoms with Crippen LogP contribution in [0.3, 0.4) is 0 Å². The Bertz CT molecular complexity index is 1340. The summed E-state index contributed by atoms with van der Waals surface area (Å²) >= 11 is 5.59. The van der Waals surface area contributed by atoms with Gasteiger partial charge in [-0.05, 0) is 59.9 Å². The van der Waals surface area contributed by atoms with E-state index in [2.05, 4.69) is 75.5 Å². The number of nitrogens with zero attached hydrogens (tertiary/aromatic N) is 3. The fraction of sp³-hybridized carbons (Fsp3) is 0.357. The standard InChI is InChI=1S/C28H33N5O2S/c1-18(2)25(30-27(34)35-28(3,4)5)26(36)29-15-21-16-33(32-31-21)17-24-22-12-8-6-10-19(22)14-20-11-7-9-13-23(20)24/h6-14,16,18,25H,15,17H2,1-5H3,(H,29,36)(H,30,34)/t25-/m0/s1. The summed E-state index contributed by atoms with van der Waals surface area (Å²) in [6.45, 7) is 10.5. The molecule has 1 heterocycles. The number of benzene rings is 3. The lowest BCUT2D eigenvalue weighted by Gasteiger charge is -2.26.